The van der Waals surface area contributed by atoms with Gasteiger partial charge in [0.1, 0.15) is 5.75 Å². The zero-order valence-electron chi connectivity index (χ0n) is 10.1. The SMILES string of the molecule is C=CC1CC(=O)N(Cc2cccc(OC)c2)C1. The summed E-state index contributed by atoms with van der Waals surface area (Å²) in [6.07, 6.45) is 2.46. The normalized spacial score (nSPS) is 19.5. The van der Waals surface area contributed by atoms with Gasteiger partial charge < -0.3 is 9.64 Å². The molecule has 1 aromatic rings. The molecule has 0 N–H and O–H groups in total. The van der Waals surface area contributed by atoms with E-state index in [1.807, 2.05) is 35.2 Å². The van der Waals surface area contributed by atoms with Gasteiger partial charge in [-0.1, -0.05) is 18.2 Å². The molecule has 0 radical (unpaired) electrons. The van der Waals surface area contributed by atoms with Crippen LogP contribution in [0.4, 0.5) is 0 Å². The summed E-state index contributed by atoms with van der Waals surface area (Å²) in [6, 6.07) is 7.83. The Kier molecular flexibility index (Phi) is 3.47. The molecule has 1 fully saturated rings. The average Bonchev–Trinajstić information content (AvgIpc) is 2.70. The number of nitrogens with zero attached hydrogens (tertiary/aromatic N) is 1. The Morgan fingerprint density at radius 2 is 2.41 bits per heavy atom. The van der Waals surface area contributed by atoms with Gasteiger partial charge in [-0.3, -0.25) is 4.79 Å². The van der Waals surface area contributed by atoms with Gasteiger partial charge in [0.2, 0.25) is 5.91 Å². The van der Waals surface area contributed by atoms with Gasteiger partial charge >= 0.3 is 0 Å². The number of hydrogen-bond donors (Lipinski definition) is 0. The summed E-state index contributed by atoms with van der Waals surface area (Å²) in [7, 11) is 1.65. The van der Waals surface area contributed by atoms with Crippen LogP contribution in [-0.2, 0) is 11.3 Å². The van der Waals surface area contributed by atoms with E-state index < -0.39 is 0 Å². The van der Waals surface area contributed by atoms with Crippen LogP contribution in [-0.4, -0.2) is 24.5 Å². The Hall–Kier alpha value is -1.77. The molecule has 1 amide bonds. The third kappa shape index (κ3) is 2.67. The molecular formula is C14H17NO2. The molecule has 1 aliphatic heterocycles. The molecule has 0 aliphatic carbocycles. The molecule has 3 heteroatoms. The van der Waals surface area contributed by atoms with Crippen LogP contribution in [0.5, 0.6) is 5.75 Å². The highest BCUT2D eigenvalue weighted by Gasteiger charge is 2.27. The van der Waals surface area contributed by atoms with E-state index in [4.69, 9.17) is 4.74 Å². The lowest BCUT2D eigenvalue weighted by Gasteiger charge is -2.16. The second-order valence-electron chi connectivity index (χ2n) is 4.33. The van der Waals surface area contributed by atoms with Crippen molar-refractivity contribution in [2.75, 3.05) is 13.7 Å². The highest BCUT2D eigenvalue weighted by molar-refractivity contribution is 5.79. The molecule has 90 valence electrons. The summed E-state index contributed by atoms with van der Waals surface area (Å²) in [5.74, 6) is 1.33. The Morgan fingerprint density at radius 3 is 3.06 bits per heavy atom. The number of hydrogen-bond acceptors (Lipinski definition) is 2. The van der Waals surface area contributed by atoms with E-state index in [1.54, 1.807) is 7.11 Å². The van der Waals surface area contributed by atoms with Gasteiger partial charge in [-0.2, -0.15) is 0 Å². The molecule has 1 heterocycles. The maximum Gasteiger partial charge on any atom is 0.223 e. The first-order valence-electron chi connectivity index (χ1n) is 5.76. The molecule has 0 spiro atoms. The Balaban J connectivity index is 2.05. The Labute approximate surface area is 102 Å². The lowest BCUT2D eigenvalue weighted by molar-refractivity contribution is -0.128. The molecule has 2 rings (SSSR count). The molecule has 0 saturated carbocycles. The van der Waals surface area contributed by atoms with E-state index in [2.05, 4.69) is 6.58 Å². The smallest absolute Gasteiger partial charge is 0.223 e. The number of carbonyl (C=O) groups excluding carboxylic acids is 1. The van der Waals surface area contributed by atoms with Crippen molar-refractivity contribution in [3.8, 4) is 5.75 Å². The summed E-state index contributed by atoms with van der Waals surface area (Å²) in [5.41, 5.74) is 1.10. The topological polar surface area (TPSA) is 29.5 Å². The monoisotopic (exact) mass is 231 g/mol. The minimum Gasteiger partial charge on any atom is -0.497 e. The number of rotatable bonds is 4. The van der Waals surface area contributed by atoms with Crippen molar-refractivity contribution in [3.05, 3.63) is 42.5 Å². The van der Waals surface area contributed by atoms with E-state index in [9.17, 15) is 4.79 Å². The second-order valence-corrected chi connectivity index (χ2v) is 4.33. The van der Waals surface area contributed by atoms with Gasteiger partial charge in [0.05, 0.1) is 7.11 Å². The van der Waals surface area contributed by atoms with Crippen molar-refractivity contribution in [2.24, 2.45) is 5.92 Å². The minimum absolute atomic E-state index is 0.206. The van der Waals surface area contributed by atoms with Crippen LogP contribution in [0.25, 0.3) is 0 Å². The number of likely N-dealkylation sites (tertiary alicyclic amines) is 1. The Morgan fingerprint density at radius 1 is 1.59 bits per heavy atom. The predicted octanol–water partition coefficient (Wildman–Crippen LogP) is 2.23. The molecule has 0 bridgehead atoms. The highest BCUT2D eigenvalue weighted by atomic mass is 16.5. The molecule has 1 atom stereocenters. The van der Waals surface area contributed by atoms with Crippen molar-refractivity contribution >= 4 is 5.91 Å². The summed E-state index contributed by atoms with van der Waals surface area (Å²) in [5, 5.41) is 0. The van der Waals surface area contributed by atoms with E-state index in [0.29, 0.717) is 18.9 Å². The number of carbonyl (C=O) groups is 1. The number of amides is 1. The van der Waals surface area contributed by atoms with Gasteiger partial charge in [0.25, 0.3) is 0 Å². The van der Waals surface area contributed by atoms with Crippen molar-refractivity contribution in [2.45, 2.75) is 13.0 Å². The summed E-state index contributed by atoms with van der Waals surface area (Å²) >= 11 is 0. The lowest BCUT2D eigenvalue weighted by Crippen LogP contribution is -2.24. The Bertz CT molecular complexity index is 428. The molecular weight excluding hydrogens is 214 g/mol. The van der Waals surface area contributed by atoms with Crippen LogP contribution in [0.3, 0.4) is 0 Å². The van der Waals surface area contributed by atoms with Gasteiger partial charge in [0.15, 0.2) is 0 Å². The fourth-order valence-electron chi connectivity index (χ4n) is 2.10. The largest absolute Gasteiger partial charge is 0.497 e. The minimum atomic E-state index is 0.206. The van der Waals surface area contributed by atoms with Gasteiger partial charge in [-0.25, -0.2) is 0 Å². The summed E-state index contributed by atoms with van der Waals surface area (Å²) in [6.45, 7) is 5.18. The molecule has 1 aliphatic rings. The third-order valence-electron chi connectivity index (χ3n) is 3.09. The quantitative estimate of drug-likeness (QED) is 0.744. The van der Waals surface area contributed by atoms with E-state index >= 15 is 0 Å². The van der Waals surface area contributed by atoms with E-state index in [1.165, 1.54) is 0 Å². The number of methoxy groups -OCH3 is 1. The zero-order chi connectivity index (χ0) is 12.3. The molecule has 1 saturated heterocycles. The third-order valence-corrected chi connectivity index (χ3v) is 3.09. The zero-order valence-corrected chi connectivity index (χ0v) is 10.1. The van der Waals surface area contributed by atoms with Crippen LogP contribution < -0.4 is 4.74 Å². The molecule has 1 aromatic carbocycles. The fraction of sp³-hybridized carbons (Fsp3) is 0.357. The van der Waals surface area contributed by atoms with Crippen LogP contribution >= 0.6 is 0 Å². The number of benzene rings is 1. The van der Waals surface area contributed by atoms with Crippen LogP contribution in [0.15, 0.2) is 36.9 Å². The first-order valence-corrected chi connectivity index (χ1v) is 5.76. The second kappa shape index (κ2) is 5.04. The van der Waals surface area contributed by atoms with Crippen molar-refractivity contribution in [3.63, 3.8) is 0 Å². The fourth-order valence-corrected chi connectivity index (χ4v) is 2.10. The first kappa shape index (κ1) is 11.7. The van der Waals surface area contributed by atoms with Gasteiger partial charge in [0, 0.05) is 25.4 Å². The molecule has 17 heavy (non-hydrogen) atoms. The average molecular weight is 231 g/mol. The van der Waals surface area contributed by atoms with Crippen molar-refractivity contribution in [1.29, 1.82) is 0 Å². The van der Waals surface area contributed by atoms with E-state index in [-0.39, 0.29) is 5.91 Å². The maximum atomic E-state index is 11.7. The van der Waals surface area contributed by atoms with Crippen LogP contribution in [0.2, 0.25) is 0 Å². The van der Waals surface area contributed by atoms with E-state index in [0.717, 1.165) is 17.9 Å². The van der Waals surface area contributed by atoms with Crippen LogP contribution in [0, 0.1) is 5.92 Å². The summed E-state index contributed by atoms with van der Waals surface area (Å²) in [4.78, 5) is 13.6. The molecule has 1 unspecified atom stereocenters. The maximum absolute atomic E-state index is 11.7. The predicted molar refractivity (Wildman–Crippen MR) is 66.7 cm³/mol. The van der Waals surface area contributed by atoms with Gasteiger partial charge in [-0.15, -0.1) is 6.58 Å². The van der Waals surface area contributed by atoms with Crippen molar-refractivity contribution < 1.29 is 9.53 Å². The molecule has 0 aromatic heterocycles. The summed E-state index contributed by atoms with van der Waals surface area (Å²) < 4.78 is 5.17. The lowest BCUT2D eigenvalue weighted by atomic mass is 10.1. The van der Waals surface area contributed by atoms with Gasteiger partial charge in [-0.05, 0) is 17.7 Å². The highest BCUT2D eigenvalue weighted by Crippen LogP contribution is 2.22. The van der Waals surface area contributed by atoms with Crippen LogP contribution in [0.1, 0.15) is 12.0 Å². The molecule has 3 nitrogen and oxygen atoms in total. The standard InChI is InChI=1S/C14H17NO2/c1-3-11-8-14(16)15(9-11)10-12-5-4-6-13(7-12)17-2/h3-7,11H,1,8-10H2,2H3. The number of ether oxygens (including phenoxy) is 1. The van der Waals surface area contributed by atoms with Crippen molar-refractivity contribution in [1.82, 2.24) is 4.90 Å². The first-order chi connectivity index (χ1) is 8.22.